The second-order valence-corrected chi connectivity index (χ2v) is 6.18. The number of hydrogen-bond donors (Lipinski definition) is 1. The highest BCUT2D eigenvalue weighted by atomic mass is 35.5. The quantitative estimate of drug-likeness (QED) is 0.871. The number of thioether (sulfide) groups is 1. The molecule has 0 saturated carbocycles. The van der Waals surface area contributed by atoms with E-state index in [9.17, 15) is 4.79 Å². The molecule has 1 heterocycles. The van der Waals surface area contributed by atoms with Crippen LogP contribution in [0.2, 0.25) is 5.02 Å². The molecule has 5 heteroatoms. The molecule has 1 fully saturated rings. The maximum absolute atomic E-state index is 12.3. The molecule has 104 valence electrons. The first kappa shape index (κ1) is 14.7. The molecule has 0 radical (unpaired) electrons. The number of carbonyl (C=O) groups excluding carboxylic acids is 1. The van der Waals surface area contributed by atoms with Crippen LogP contribution < -0.4 is 5.32 Å². The maximum atomic E-state index is 12.3. The van der Waals surface area contributed by atoms with Crippen LogP contribution in [0.4, 0.5) is 0 Å². The fourth-order valence-corrected chi connectivity index (χ4v) is 2.86. The van der Waals surface area contributed by atoms with Gasteiger partial charge < -0.3 is 10.2 Å². The molecule has 1 aromatic rings. The van der Waals surface area contributed by atoms with Gasteiger partial charge in [-0.2, -0.15) is 0 Å². The summed E-state index contributed by atoms with van der Waals surface area (Å²) in [5, 5.41) is 3.61. The summed E-state index contributed by atoms with van der Waals surface area (Å²) >= 11 is 7.72. The minimum Gasteiger partial charge on any atom is -0.349 e. The first-order chi connectivity index (χ1) is 9.10. The van der Waals surface area contributed by atoms with Crippen LogP contribution in [0.3, 0.4) is 0 Å². The Morgan fingerprint density at radius 2 is 2.11 bits per heavy atom. The van der Waals surface area contributed by atoms with Crippen molar-refractivity contribution in [2.45, 2.75) is 23.8 Å². The van der Waals surface area contributed by atoms with Crippen molar-refractivity contribution in [3.05, 3.63) is 28.8 Å². The van der Waals surface area contributed by atoms with E-state index in [-0.39, 0.29) is 11.9 Å². The van der Waals surface area contributed by atoms with Crippen LogP contribution in [0.1, 0.15) is 23.2 Å². The van der Waals surface area contributed by atoms with Gasteiger partial charge in [-0.3, -0.25) is 4.79 Å². The fraction of sp³-hybridized carbons (Fsp3) is 0.500. The van der Waals surface area contributed by atoms with Gasteiger partial charge in [0.15, 0.2) is 0 Å². The number of amides is 1. The van der Waals surface area contributed by atoms with Gasteiger partial charge in [0.25, 0.3) is 5.91 Å². The number of carbonyl (C=O) groups is 1. The molecule has 1 N–H and O–H groups in total. The molecule has 1 amide bonds. The van der Waals surface area contributed by atoms with Gasteiger partial charge in [-0.05, 0) is 57.4 Å². The van der Waals surface area contributed by atoms with Crippen LogP contribution in [0, 0.1) is 0 Å². The molecule has 3 nitrogen and oxygen atoms in total. The standard InChI is InChI=1S/C14H19ClN2OS/c1-17-7-5-10(6-8-17)16-14(18)12-9-11(19-2)3-4-13(12)15/h3-4,9-10H,5-8H2,1-2H3,(H,16,18). The van der Waals surface area contributed by atoms with Crippen molar-refractivity contribution in [2.75, 3.05) is 26.4 Å². The summed E-state index contributed by atoms with van der Waals surface area (Å²) in [6.45, 7) is 2.06. The Labute approximate surface area is 123 Å². The summed E-state index contributed by atoms with van der Waals surface area (Å²) in [6, 6.07) is 5.84. The Bertz CT molecular complexity index is 459. The first-order valence-electron chi connectivity index (χ1n) is 6.43. The van der Waals surface area contributed by atoms with Crippen LogP contribution in [0.5, 0.6) is 0 Å². The number of benzene rings is 1. The molecular weight excluding hydrogens is 280 g/mol. The summed E-state index contributed by atoms with van der Waals surface area (Å²) in [5.74, 6) is -0.0598. The Hall–Kier alpha value is -0.710. The second kappa shape index (κ2) is 6.64. The Balaban J connectivity index is 2.03. The third kappa shape index (κ3) is 3.88. The zero-order valence-corrected chi connectivity index (χ0v) is 12.9. The topological polar surface area (TPSA) is 32.3 Å². The van der Waals surface area contributed by atoms with E-state index >= 15 is 0 Å². The van der Waals surface area contributed by atoms with Crippen molar-refractivity contribution in [3.63, 3.8) is 0 Å². The minimum atomic E-state index is -0.0598. The lowest BCUT2D eigenvalue weighted by Crippen LogP contribution is -2.43. The lowest BCUT2D eigenvalue weighted by atomic mass is 10.0. The van der Waals surface area contributed by atoms with Crippen LogP contribution in [-0.2, 0) is 0 Å². The highest BCUT2D eigenvalue weighted by Crippen LogP contribution is 2.23. The van der Waals surface area contributed by atoms with E-state index in [1.165, 1.54) is 0 Å². The van der Waals surface area contributed by atoms with E-state index < -0.39 is 0 Å². The predicted molar refractivity (Wildman–Crippen MR) is 81.2 cm³/mol. The van der Waals surface area contributed by atoms with Crippen molar-refractivity contribution in [2.24, 2.45) is 0 Å². The van der Waals surface area contributed by atoms with Crippen molar-refractivity contribution in [3.8, 4) is 0 Å². The van der Waals surface area contributed by atoms with Crippen LogP contribution >= 0.6 is 23.4 Å². The van der Waals surface area contributed by atoms with Gasteiger partial charge in [0.1, 0.15) is 0 Å². The van der Waals surface area contributed by atoms with Gasteiger partial charge in [0.05, 0.1) is 10.6 Å². The number of hydrogen-bond acceptors (Lipinski definition) is 3. The minimum absolute atomic E-state index is 0.0598. The number of rotatable bonds is 3. The van der Waals surface area contributed by atoms with Crippen LogP contribution in [0.15, 0.2) is 23.1 Å². The van der Waals surface area contributed by atoms with Gasteiger partial charge in [0.2, 0.25) is 0 Å². The van der Waals surface area contributed by atoms with E-state index in [2.05, 4.69) is 17.3 Å². The third-order valence-corrected chi connectivity index (χ3v) is 4.53. The first-order valence-corrected chi connectivity index (χ1v) is 8.03. The lowest BCUT2D eigenvalue weighted by Gasteiger charge is -2.29. The van der Waals surface area contributed by atoms with Gasteiger partial charge >= 0.3 is 0 Å². The number of likely N-dealkylation sites (tertiary alicyclic amines) is 1. The number of halogens is 1. The highest BCUT2D eigenvalue weighted by molar-refractivity contribution is 7.98. The molecule has 0 aromatic heterocycles. The zero-order valence-electron chi connectivity index (χ0n) is 11.3. The predicted octanol–water partition coefficient (Wildman–Crippen LogP) is 2.89. The molecule has 0 aliphatic carbocycles. The normalized spacial score (nSPS) is 17.4. The SMILES string of the molecule is CSc1ccc(Cl)c(C(=O)NC2CCN(C)CC2)c1. The molecule has 1 aromatic carbocycles. The zero-order chi connectivity index (χ0) is 13.8. The molecule has 0 atom stereocenters. The number of nitrogens with zero attached hydrogens (tertiary/aromatic N) is 1. The average molecular weight is 299 g/mol. The lowest BCUT2D eigenvalue weighted by molar-refractivity contribution is 0.0917. The molecule has 1 aliphatic heterocycles. The summed E-state index contributed by atoms with van der Waals surface area (Å²) in [7, 11) is 2.11. The number of nitrogens with one attached hydrogen (secondary N) is 1. The van der Waals surface area contributed by atoms with E-state index in [0.717, 1.165) is 30.8 Å². The molecular formula is C14H19ClN2OS. The summed E-state index contributed by atoms with van der Waals surface area (Å²) < 4.78 is 0. The van der Waals surface area contributed by atoms with Gasteiger partial charge in [-0.25, -0.2) is 0 Å². The van der Waals surface area contributed by atoms with Gasteiger partial charge in [0, 0.05) is 10.9 Å². The van der Waals surface area contributed by atoms with Crippen molar-refractivity contribution < 1.29 is 4.79 Å². The van der Waals surface area contributed by atoms with E-state index in [0.29, 0.717) is 10.6 Å². The van der Waals surface area contributed by atoms with Gasteiger partial charge in [-0.1, -0.05) is 11.6 Å². The maximum Gasteiger partial charge on any atom is 0.253 e. The van der Waals surface area contributed by atoms with E-state index in [4.69, 9.17) is 11.6 Å². The molecule has 0 unspecified atom stereocenters. The molecule has 0 spiro atoms. The summed E-state index contributed by atoms with van der Waals surface area (Å²) in [5.41, 5.74) is 0.576. The van der Waals surface area contributed by atoms with E-state index in [1.54, 1.807) is 17.8 Å². The molecule has 1 aliphatic rings. The van der Waals surface area contributed by atoms with Crippen LogP contribution in [0.25, 0.3) is 0 Å². The van der Waals surface area contributed by atoms with Crippen LogP contribution in [-0.4, -0.2) is 43.2 Å². The summed E-state index contributed by atoms with van der Waals surface area (Å²) in [4.78, 5) is 15.6. The Morgan fingerprint density at radius 1 is 1.42 bits per heavy atom. The highest BCUT2D eigenvalue weighted by Gasteiger charge is 2.20. The summed E-state index contributed by atoms with van der Waals surface area (Å²) in [6.07, 6.45) is 3.99. The monoisotopic (exact) mass is 298 g/mol. The molecule has 1 saturated heterocycles. The third-order valence-electron chi connectivity index (χ3n) is 3.47. The average Bonchev–Trinajstić information content (AvgIpc) is 2.42. The fourth-order valence-electron chi connectivity index (χ4n) is 2.22. The van der Waals surface area contributed by atoms with E-state index in [1.807, 2.05) is 18.4 Å². The second-order valence-electron chi connectivity index (χ2n) is 4.90. The molecule has 2 rings (SSSR count). The largest absolute Gasteiger partial charge is 0.349 e. The van der Waals surface area contributed by atoms with Crippen molar-refractivity contribution in [1.82, 2.24) is 10.2 Å². The molecule has 0 bridgehead atoms. The Kier molecular flexibility index (Phi) is 5.13. The molecule has 19 heavy (non-hydrogen) atoms. The Morgan fingerprint density at radius 3 is 2.74 bits per heavy atom. The number of piperidine rings is 1. The van der Waals surface area contributed by atoms with Crippen molar-refractivity contribution in [1.29, 1.82) is 0 Å². The smallest absolute Gasteiger partial charge is 0.253 e. The van der Waals surface area contributed by atoms with Gasteiger partial charge in [-0.15, -0.1) is 11.8 Å². The van der Waals surface area contributed by atoms with Crippen molar-refractivity contribution >= 4 is 29.3 Å².